The molecule has 4 rings (SSSR count). The van der Waals surface area contributed by atoms with Gasteiger partial charge in [0, 0.05) is 23.3 Å². The van der Waals surface area contributed by atoms with Gasteiger partial charge in [-0.2, -0.15) is 0 Å². The van der Waals surface area contributed by atoms with E-state index in [0.717, 1.165) is 34.6 Å². The average molecular weight is 442 g/mol. The van der Waals surface area contributed by atoms with Crippen molar-refractivity contribution in [1.82, 2.24) is 15.3 Å². The lowest BCUT2D eigenvalue weighted by molar-refractivity contribution is 0.558. The minimum absolute atomic E-state index is 0.130. The summed E-state index contributed by atoms with van der Waals surface area (Å²) in [5.41, 5.74) is 5.21. The van der Waals surface area contributed by atoms with E-state index in [1.165, 1.54) is 0 Å². The quantitative estimate of drug-likeness (QED) is 0.525. The molecule has 156 valence electrons. The summed E-state index contributed by atoms with van der Waals surface area (Å²) >= 11 is 5.71. The number of rotatable bonds is 5. The smallest absolute Gasteiger partial charge is 0.229 e. The van der Waals surface area contributed by atoms with Crippen LogP contribution in [0.15, 0.2) is 54.7 Å². The van der Waals surface area contributed by atoms with E-state index >= 15 is 0 Å². The van der Waals surface area contributed by atoms with E-state index in [-0.39, 0.29) is 12.1 Å². The van der Waals surface area contributed by atoms with Crippen molar-refractivity contribution in [2.24, 2.45) is 0 Å². The standard InChI is InChI=1S/C21H23N5O2S2/c1-13-12-15(8-10-16(13)25-30(3,27)28)26-20(18-9-7-14(2)23-18)19(24-21(26)29)17-6-4-5-11-22-17/h4-12,19-20,23,25H,1-3H3,(H,24,29). The molecule has 2 atom stereocenters. The Morgan fingerprint density at radius 2 is 1.93 bits per heavy atom. The highest BCUT2D eigenvalue weighted by Gasteiger charge is 2.41. The first-order valence-electron chi connectivity index (χ1n) is 9.47. The topological polar surface area (TPSA) is 90.1 Å². The molecule has 1 fully saturated rings. The normalized spacial score (nSPS) is 19.0. The van der Waals surface area contributed by atoms with Crippen molar-refractivity contribution in [3.8, 4) is 0 Å². The number of nitrogens with zero attached hydrogens (tertiary/aromatic N) is 2. The lowest BCUT2D eigenvalue weighted by Gasteiger charge is -2.27. The van der Waals surface area contributed by atoms with Crippen molar-refractivity contribution in [3.05, 3.63) is 77.4 Å². The first-order chi connectivity index (χ1) is 14.2. The van der Waals surface area contributed by atoms with Crippen LogP contribution in [0, 0.1) is 13.8 Å². The van der Waals surface area contributed by atoms with Crippen molar-refractivity contribution in [2.75, 3.05) is 15.9 Å². The Morgan fingerprint density at radius 3 is 2.53 bits per heavy atom. The third-order valence-electron chi connectivity index (χ3n) is 5.05. The molecule has 7 nitrogen and oxygen atoms in total. The third kappa shape index (κ3) is 4.03. The number of pyridine rings is 1. The highest BCUT2D eigenvalue weighted by Crippen LogP contribution is 2.41. The first kappa shape index (κ1) is 20.4. The maximum Gasteiger partial charge on any atom is 0.229 e. The molecule has 1 aromatic carbocycles. The molecule has 1 aliphatic heterocycles. The van der Waals surface area contributed by atoms with Crippen LogP contribution >= 0.6 is 12.2 Å². The van der Waals surface area contributed by atoms with Crippen LogP contribution in [0.4, 0.5) is 11.4 Å². The van der Waals surface area contributed by atoms with Gasteiger partial charge in [0.05, 0.1) is 23.7 Å². The maximum absolute atomic E-state index is 11.6. The molecule has 9 heteroatoms. The summed E-state index contributed by atoms with van der Waals surface area (Å²) in [5.74, 6) is 0. The van der Waals surface area contributed by atoms with Crippen molar-refractivity contribution in [3.63, 3.8) is 0 Å². The largest absolute Gasteiger partial charge is 0.361 e. The van der Waals surface area contributed by atoms with Crippen molar-refractivity contribution in [1.29, 1.82) is 0 Å². The Hall–Kier alpha value is -2.91. The molecular weight excluding hydrogens is 418 g/mol. The summed E-state index contributed by atoms with van der Waals surface area (Å²) in [7, 11) is -3.35. The van der Waals surface area contributed by atoms with Crippen LogP contribution in [0.3, 0.4) is 0 Å². The number of aromatic amines is 1. The van der Waals surface area contributed by atoms with E-state index in [2.05, 4.69) is 31.0 Å². The van der Waals surface area contributed by atoms with Gasteiger partial charge >= 0.3 is 0 Å². The van der Waals surface area contributed by atoms with Crippen LogP contribution in [0.2, 0.25) is 0 Å². The van der Waals surface area contributed by atoms with E-state index in [9.17, 15) is 8.42 Å². The average Bonchev–Trinajstić information content (AvgIpc) is 3.26. The molecule has 1 aliphatic rings. The Kier molecular flexibility index (Phi) is 5.25. The molecule has 0 spiro atoms. The molecule has 0 saturated carbocycles. The fourth-order valence-corrected chi connectivity index (χ4v) is 4.73. The zero-order chi connectivity index (χ0) is 21.5. The van der Waals surface area contributed by atoms with Crippen molar-refractivity contribution in [2.45, 2.75) is 25.9 Å². The number of H-pyrrole nitrogens is 1. The number of thiocarbonyl (C=S) groups is 1. The van der Waals surface area contributed by atoms with Crippen molar-refractivity contribution >= 4 is 38.7 Å². The third-order valence-corrected chi connectivity index (χ3v) is 5.96. The maximum atomic E-state index is 11.6. The number of aryl methyl sites for hydroxylation is 2. The van der Waals surface area contributed by atoms with E-state index in [1.54, 1.807) is 12.3 Å². The molecule has 30 heavy (non-hydrogen) atoms. The molecule has 2 aromatic heterocycles. The fourth-order valence-electron chi connectivity index (χ4n) is 3.76. The number of anilines is 2. The first-order valence-corrected chi connectivity index (χ1v) is 11.8. The van der Waals surface area contributed by atoms with E-state index in [1.807, 2.05) is 50.2 Å². The van der Waals surface area contributed by atoms with Gasteiger partial charge in [0.25, 0.3) is 0 Å². The molecule has 0 radical (unpaired) electrons. The van der Waals surface area contributed by atoms with Crippen LogP contribution in [0.25, 0.3) is 0 Å². The van der Waals surface area contributed by atoms with E-state index in [0.29, 0.717) is 10.8 Å². The number of hydrogen-bond acceptors (Lipinski definition) is 4. The predicted octanol–water partition coefficient (Wildman–Crippen LogP) is 3.58. The summed E-state index contributed by atoms with van der Waals surface area (Å²) in [6.45, 7) is 3.88. The number of nitrogens with one attached hydrogen (secondary N) is 3. The van der Waals surface area contributed by atoms with Crippen molar-refractivity contribution < 1.29 is 8.42 Å². The Bertz CT molecular complexity index is 1190. The van der Waals surface area contributed by atoms with E-state index in [4.69, 9.17) is 12.2 Å². The van der Waals surface area contributed by atoms with Gasteiger partial charge in [-0.25, -0.2) is 8.42 Å². The molecule has 0 amide bonds. The minimum atomic E-state index is -3.35. The Labute approximate surface area is 181 Å². The molecule has 2 unspecified atom stereocenters. The summed E-state index contributed by atoms with van der Waals surface area (Å²) in [4.78, 5) is 10.0. The molecule has 3 aromatic rings. The second kappa shape index (κ2) is 7.73. The van der Waals surface area contributed by atoms with Gasteiger partial charge in [-0.3, -0.25) is 9.71 Å². The zero-order valence-electron chi connectivity index (χ0n) is 16.9. The molecular formula is C21H23N5O2S2. The second-order valence-corrected chi connectivity index (χ2v) is 9.60. The lowest BCUT2D eigenvalue weighted by Crippen LogP contribution is -2.29. The summed E-state index contributed by atoms with van der Waals surface area (Å²) in [5, 5.41) is 4.00. The Morgan fingerprint density at radius 1 is 1.13 bits per heavy atom. The summed E-state index contributed by atoms with van der Waals surface area (Å²) in [6.07, 6.45) is 2.91. The van der Waals surface area contributed by atoms with Gasteiger partial charge in [0.15, 0.2) is 5.11 Å². The van der Waals surface area contributed by atoms with Gasteiger partial charge in [-0.1, -0.05) is 6.07 Å². The van der Waals surface area contributed by atoms with Gasteiger partial charge < -0.3 is 15.2 Å². The molecule has 3 N–H and O–H groups in total. The Balaban J connectivity index is 1.77. The van der Waals surface area contributed by atoms with Crippen LogP contribution in [-0.2, 0) is 10.0 Å². The van der Waals surface area contributed by atoms with Gasteiger partial charge in [-0.05, 0) is 74.1 Å². The van der Waals surface area contributed by atoms with Crippen LogP contribution < -0.4 is 14.9 Å². The number of aromatic nitrogens is 2. The number of benzene rings is 1. The predicted molar refractivity (Wildman–Crippen MR) is 123 cm³/mol. The SMILES string of the molecule is Cc1ccc(C2C(c3ccccn3)NC(=S)N2c2ccc(NS(C)(=O)=O)c(C)c2)[nH]1. The van der Waals surface area contributed by atoms with Crippen LogP contribution in [0.5, 0.6) is 0 Å². The highest BCUT2D eigenvalue weighted by atomic mass is 32.2. The minimum Gasteiger partial charge on any atom is -0.361 e. The zero-order valence-corrected chi connectivity index (χ0v) is 18.5. The fraction of sp³-hybridized carbons (Fsp3) is 0.238. The lowest BCUT2D eigenvalue weighted by atomic mass is 10.0. The molecule has 1 saturated heterocycles. The monoisotopic (exact) mass is 441 g/mol. The van der Waals surface area contributed by atoms with Crippen LogP contribution in [-0.4, -0.2) is 29.8 Å². The van der Waals surface area contributed by atoms with Crippen LogP contribution in [0.1, 0.15) is 34.7 Å². The highest BCUT2D eigenvalue weighted by molar-refractivity contribution is 7.92. The molecule has 0 bridgehead atoms. The van der Waals surface area contributed by atoms with Gasteiger partial charge in [0.1, 0.15) is 6.04 Å². The van der Waals surface area contributed by atoms with Gasteiger partial charge in [-0.15, -0.1) is 0 Å². The number of hydrogen-bond donors (Lipinski definition) is 3. The molecule has 3 heterocycles. The second-order valence-electron chi connectivity index (χ2n) is 7.47. The number of sulfonamides is 1. The van der Waals surface area contributed by atoms with E-state index < -0.39 is 10.0 Å². The molecule has 0 aliphatic carbocycles. The summed E-state index contributed by atoms with van der Waals surface area (Å²) in [6, 6.07) is 15.2. The summed E-state index contributed by atoms with van der Waals surface area (Å²) < 4.78 is 25.8. The van der Waals surface area contributed by atoms with Gasteiger partial charge in [0.2, 0.25) is 10.0 Å².